The minimum absolute atomic E-state index is 0.160. The number of carbonyl (C=O) groups is 2. The summed E-state index contributed by atoms with van der Waals surface area (Å²) in [5.74, 6) is -0.599. The number of methoxy groups -OCH3 is 1. The maximum atomic E-state index is 12.1. The predicted molar refractivity (Wildman–Crippen MR) is 98.8 cm³/mol. The number of carbonyl (C=O) groups excluding carboxylic acids is 2. The minimum Gasteiger partial charge on any atom is -0.467 e. The molecule has 1 amide bonds. The van der Waals surface area contributed by atoms with E-state index in [1.807, 2.05) is 72.8 Å². The molecule has 0 saturated carbocycles. The second-order valence-corrected chi connectivity index (χ2v) is 5.68. The van der Waals surface area contributed by atoms with Crippen LogP contribution < -0.4 is 5.32 Å². The molecule has 0 fully saturated rings. The van der Waals surface area contributed by atoms with Crippen LogP contribution in [0.1, 0.15) is 24.0 Å². The third-order valence-corrected chi connectivity index (χ3v) is 3.79. The van der Waals surface area contributed by atoms with E-state index in [9.17, 15) is 9.59 Å². The maximum Gasteiger partial charge on any atom is 0.328 e. The summed E-state index contributed by atoms with van der Waals surface area (Å²) in [7, 11) is 1.33. The second-order valence-electron chi connectivity index (χ2n) is 5.68. The predicted octanol–water partition coefficient (Wildman–Crippen LogP) is 3.38. The lowest BCUT2D eigenvalue weighted by Crippen LogP contribution is -2.41. The molecule has 25 heavy (non-hydrogen) atoms. The second kappa shape index (κ2) is 10.1. The number of nitrogens with one attached hydrogen (secondary N) is 1. The Morgan fingerprint density at radius 3 is 2.32 bits per heavy atom. The lowest BCUT2D eigenvalue weighted by molar-refractivity contribution is -0.145. The number of aryl methyl sites for hydroxylation is 1. The third-order valence-electron chi connectivity index (χ3n) is 3.79. The maximum absolute atomic E-state index is 12.1. The zero-order valence-electron chi connectivity index (χ0n) is 14.4. The first kappa shape index (κ1) is 18.5. The first-order valence-corrected chi connectivity index (χ1v) is 8.31. The standard InChI is InChI=1S/C21H23NO3/c1-25-21(24)19(14-8-13-17-9-4-2-5-10-17)22-20(23)16-15-18-11-6-3-7-12-18/h2-13,19H,14-16H2,1H3,(H,22,23)/b13-8+/t19-/m0/s1. The number of benzene rings is 2. The number of esters is 1. The van der Waals surface area contributed by atoms with Gasteiger partial charge in [0.2, 0.25) is 5.91 Å². The zero-order chi connectivity index (χ0) is 17.9. The first-order chi connectivity index (χ1) is 12.2. The van der Waals surface area contributed by atoms with Gasteiger partial charge >= 0.3 is 5.97 Å². The van der Waals surface area contributed by atoms with Crippen molar-refractivity contribution in [2.24, 2.45) is 0 Å². The van der Waals surface area contributed by atoms with Gasteiger partial charge in [-0.25, -0.2) is 4.79 Å². The molecule has 0 spiro atoms. The highest BCUT2D eigenvalue weighted by molar-refractivity contribution is 5.84. The summed E-state index contributed by atoms with van der Waals surface area (Å²) in [6, 6.07) is 18.9. The van der Waals surface area contributed by atoms with E-state index >= 15 is 0 Å². The molecule has 0 aliphatic heterocycles. The molecule has 0 saturated heterocycles. The van der Waals surface area contributed by atoms with Gasteiger partial charge in [0.05, 0.1) is 7.11 Å². The van der Waals surface area contributed by atoms with Crippen molar-refractivity contribution in [2.45, 2.75) is 25.3 Å². The van der Waals surface area contributed by atoms with Gasteiger partial charge in [-0.3, -0.25) is 4.79 Å². The molecular weight excluding hydrogens is 314 g/mol. The van der Waals surface area contributed by atoms with Gasteiger partial charge in [-0.2, -0.15) is 0 Å². The van der Waals surface area contributed by atoms with Crippen molar-refractivity contribution in [2.75, 3.05) is 7.11 Å². The van der Waals surface area contributed by atoms with Crippen LogP contribution in [0.4, 0.5) is 0 Å². The van der Waals surface area contributed by atoms with Crippen molar-refractivity contribution in [1.29, 1.82) is 0 Å². The van der Waals surface area contributed by atoms with Gasteiger partial charge in [-0.15, -0.1) is 0 Å². The van der Waals surface area contributed by atoms with E-state index in [2.05, 4.69) is 5.32 Å². The molecule has 0 bridgehead atoms. The molecule has 0 aliphatic carbocycles. The van der Waals surface area contributed by atoms with Crippen LogP contribution in [-0.2, 0) is 20.7 Å². The van der Waals surface area contributed by atoms with Crippen molar-refractivity contribution < 1.29 is 14.3 Å². The first-order valence-electron chi connectivity index (χ1n) is 8.31. The van der Waals surface area contributed by atoms with Crippen LogP contribution in [0.5, 0.6) is 0 Å². The number of hydrogen-bond donors (Lipinski definition) is 1. The monoisotopic (exact) mass is 337 g/mol. The molecule has 0 aromatic heterocycles. The SMILES string of the molecule is COC(=O)[C@H](C/C=C/c1ccccc1)NC(=O)CCc1ccccc1. The van der Waals surface area contributed by atoms with Crippen molar-refractivity contribution in [3.05, 3.63) is 77.9 Å². The largest absolute Gasteiger partial charge is 0.467 e. The Morgan fingerprint density at radius 1 is 1.04 bits per heavy atom. The van der Waals surface area contributed by atoms with Crippen LogP contribution in [0.15, 0.2) is 66.7 Å². The van der Waals surface area contributed by atoms with E-state index in [0.29, 0.717) is 19.3 Å². The molecule has 0 radical (unpaired) electrons. The molecule has 2 rings (SSSR count). The fraction of sp³-hybridized carbons (Fsp3) is 0.238. The van der Waals surface area contributed by atoms with Crippen molar-refractivity contribution in [3.8, 4) is 0 Å². The van der Waals surface area contributed by atoms with E-state index < -0.39 is 12.0 Å². The Bertz CT molecular complexity index is 696. The topological polar surface area (TPSA) is 55.4 Å². The fourth-order valence-electron chi connectivity index (χ4n) is 2.43. The van der Waals surface area contributed by atoms with E-state index in [1.165, 1.54) is 7.11 Å². The highest BCUT2D eigenvalue weighted by Crippen LogP contribution is 2.06. The van der Waals surface area contributed by atoms with Crippen LogP contribution in [0, 0.1) is 0 Å². The number of amides is 1. The third kappa shape index (κ3) is 6.63. The number of ether oxygens (including phenoxy) is 1. The Kier molecular flexibility index (Phi) is 7.44. The lowest BCUT2D eigenvalue weighted by Gasteiger charge is -2.15. The summed E-state index contributed by atoms with van der Waals surface area (Å²) in [6.45, 7) is 0. The summed E-state index contributed by atoms with van der Waals surface area (Å²) in [6.07, 6.45) is 5.15. The Balaban J connectivity index is 1.87. The Hall–Kier alpha value is -2.88. The molecule has 2 aromatic carbocycles. The molecule has 130 valence electrons. The molecule has 1 atom stereocenters. The summed E-state index contributed by atoms with van der Waals surface area (Å²) in [5.41, 5.74) is 2.14. The van der Waals surface area contributed by atoms with Crippen molar-refractivity contribution >= 4 is 18.0 Å². The summed E-state index contributed by atoms with van der Waals surface area (Å²) >= 11 is 0. The Morgan fingerprint density at radius 2 is 1.68 bits per heavy atom. The molecule has 1 N–H and O–H groups in total. The average molecular weight is 337 g/mol. The van der Waals surface area contributed by atoms with Gasteiger partial charge in [0.1, 0.15) is 6.04 Å². The Labute approximate surface area is 148 Å². The van der Waals surface area contributed by atoms with E-state index in [-0.39, 0.29) is 5.91 Å². The van der Waals surface area contributed by atoms with E-state index in [4.69, 9.17) is 4.74 Å². The average Bonchev–Trinajstić information content (AvgIpc) is 2.66. The molecule has 4 heteroatoms. The smallest absolute Gasteiger partial charge is 0.328 e. The van der Waals surface area contributed by atoms with Gasteiger partial charge in [0, 0.05) is 6.42 Å². The molecular formula is C21H23NO3. The lowest BCUT2D eigenvalue weighted by atomic mass is 10.1. The zero-order valence-corrected chi connectivity index (χ0v) is 14.4. The van der Waals surface area contributed by atoms with Crippen LogP contribution in [0.2, 0.25) is 0 Å². The highest BCUT2D eigenvalue weighted by Gasteiger charge is 2.19. The number of hydrogen-bond acceptors (Lipinski definition) is 3. The van der Waals surface area contributed by atoms with Crippen molar-refractivity contribution in [3.63, 3.8) is 0 Å². The van der Waals surface area contributed by atoms with Gasteiger partial charge in [-0.1, -0.05) is 72.8 Å². The van der Waals surface area contributed by atoms with Gasteiger partial charge in [0.15, 0.2) is 0 Å². The van der Waals surface area contributed by atoms with Crippen LogP contribution in [0.3, 0.4) is 0 Å². The van der Waals surface area contributed by atoms with Crippen LogP contribution in [0.25, 0.3) is 6.08 Å². The van der Waals surface area contributed by atoms with E-state index in [1.54, 1.807) is 0 Å². The summed E-state index contributed by atoms with van der Waals surface area (Å²) < 4.78 is 4.79. The molecule has 0 heterocycles. The summed E-state index contributed by atoms with van der Waals surface area (Å²) in [5, 5.41) is 2.76. The van der Waals surface area contributed by atoms with Crippen LogP contribution >= 0.6 is 0 Å². The van der Waals surface area contributed by atoms with Crippen LogP contribution in [-0.4, -0.2) is 25.0 Å². The molecule has 2 aromatic rings. The molecule has 4 nitrogen and oxygen atoms in total. The fourth-order valence-corrected chi connectivity index (χ4v) is 2.43. The summed E-state index contributed by atoms with van der Waals surface area (Å²) in [4.78, 5) is 24.0. The van der Waals surface area contributed by atoms with Gasteiger partial charge in [-0.05, 0) is 24.0 Å². The number of rotatable bonds is 8. The molecule has 0 unspecified atom stereocenters. The minimum atomic E-state index is -0.673. The van der Waals surface area contributed by atoms with E-state index in [0.717, 1.165) is 11.1 Å². The normalized spacial score (nSPS) is 11.9. The van der Waals surface area contributed by atoms with Crippen molar-refractivity contribution in [1.82, 2.24) is 5.32 Å². The van der Waals surface area contributed by atoms with Gasteiger partial charge in [0.25, 0.3) is 0 Å². The molecule has 0 aliphatic rings. The quantitative estimate of drug-likeness (QED) is 0.751. The highest BCUT2D eigenvalue weighted by atomic mass is 16.5. The van der Waals surface area contributed by atoms with Gasteiger partial charge < -0.3 is 10.1 Å².